The Morgan fingerprint density at radius 1 is 1.47 bits per heavy atom. The maximum Gasteiger partial charge on any atom is 0.304 e. The molecule has 2 N–H and O–H groups in total. The molecule has 1 aromatic carbocycles. The van der Waals surface area contributed by atoms with Crippen molar-refractivity contribution in [3.63, 3.8) is 0 Å². The van der Waals surface area contributed by atoms with Crippen molar-refractivity contribution in [3.8, 4) is 0 Å². The van der Waals surface area contributed by atoms with Crippen LogP contribution in [0.2, 0.25) is 0 Å². The molecule has 0 saturated heterocycles. The highest BCUT2D eigenvalue weighted by atomic mass is 19.1. The van der Waals surface area contributed by atoms with Gasteiger partial charge in [-0.15, -0.1) is 0 Å². The first kappa shape index (κ1) is 13.6. The molecule has 1 atom stereocenters. The van der Waals surface area contributed by atoms with Crippen LogP contribution in [0.3, 0.4) is 0 Å². The molecule has 1 aromatic rings. The molecule has 0 radical (unpaired) electrons. The number of hydrogen-bond acceptors (Lipinski definition) is 3. The normalized spacial score (nSPS) is 12.8. The Kier molecular flexibility index (Phi) is 4.57. The predicted molar refractivity (Wildman–Crippen MR) is 64.2 cm³/mol. The van der Waals surface area contributed by atoms with E-state index in [2.05, 4.69) is 13.8 Å². The molecule has 0 saturated carbocycles. The number of nitro benzene ring substituents is 1. The number of nitrogens with two attached hydrogens (primary N) is 1. The van der Waals surface area contributed by atoms with Crippen LogP contribution in [0.5, 0.6) is 0 Å². The molecule has 0 aliphatic heterocycles. The third kappa shape index (κ3) is 4.11. The molecule has 0 heterocycles. The second-order valence-corrected chi connectivity index (χ2v) is 4.64. The largest absolute Gasteiger partial charge is 0.327 e. The number of halogens is 1. The Hall–Kier alpha value is -1.49. The van der Waals surface area contributed by atoms with Crippen molar-refractivity contribution >= 4 is 5.69 Å². The van der Waals surface area contributed by atoms with E-state index in [0.29, 0.717) is 17.9 Å². The van der Waals surface area contributed by atoms with E-state index in [1.54, 1.807) is 6.07 Å². The lowest BCUT2D eigenvalue weighted by Gasteiger charge is -2.13. The number of nitrogens with zero attached hydrogens (tertiary/aromatic N) is 1. The lowest BCUT2D eigenvalue weighted by molar-refractivity contribution is -0.387. The monoisotopic (exact) mass is 240 g/mol. The Labute approximate surface area is 99.8 Å². The summed E-state index contributed by atoms with van der Waals surface area (Å²) in [6.07, 6.45) is 1.38. The van der Waals surface area contributed by atoms with Gasteiger partial charge in [0.1, 0.15) is 0 Å². The van der Waals surface area contributed by atoms with Crippen LogP contribution in [0.15, 0.2) is 18.2 Å². The van der Waals surface area contributed by atoms with Gasteiger partial charge in [0, 0.05) is 12.1 Å². The van der Waals surface area contributed by atoms with Gasteiger partial charge in [0.05, 0.1) is 4.92 Å². The minimum atomic E-state index is -0.802. The molecule has 0 aliphatic carbocycles. The van der Waals surface area contributed by atoms with Gasteiger partial charge < -0.3 is 5.73 Å². The van der Waals surface area contributed by atoms with E-state index >= 15 is 0 Å². The van der Waals surface area contributed by atoms with E-state index in [9.17, 15) is 14.5 Å². The Bertz CT molecular complexity index is 407. The fourth-order valence-corrected chi connectivity index (χ4v) is 1.82. The minimum Gasteiger partial charge on any atom is -0.327 e. The molecular weight excluding hydrogens is 223 g/mol. The van der Waals surface area contributed by atoms with Gasteiger partial charge in [-0.25, -0.2) is 0 Å². The highest BCUT2D eigenvalue weighted by Crippen LogP contribution is 2.19. The number of rotatable bonds is 5. The van der Waals surface area contributed by atoms with Crippen LogP contribution in [-0.2, 0) is 6.42 Å². The molecule has 94 valence electrons. The molecule has 4 nitrogen and oxygen atoms in total. The van der Waals surface area contributed by atoms with E-state index in [4.69, 9.17) is 5.73 Å². The van der Waals surface area contributed by atoms with Gasteiger partial charge in [0.25, 0.3) is 0 Å². The van der Waals surface area contributed by atoms with Crippen molar-refractivity contribution in [1.29, 1.82) is 0 Å². The van der Waals surface area contributed by atoms with Gasteiger partial charge in [-0.05, 0) is 30.4 Å². The fraction of sp³-hybridized carbons (Fsp3) is 0.500. The van der Waals surface area contributed by atoms with Crippen LogP contribution in [0, 0.1) is 21.8 Å². The summed E-state index contributed by atoms with van der Waals surface area (Å²) in [6, 6.07) is 3.89. The fourth-order valence-electron chi connectivity index (χ4n) is 1.82. The maximum atomic E-state index is 13.3. The first-order valence-electron chi connectivity index (χ1n) is 5.58. The molecule has 0 aromatic heterocycles. The molecule has 1 rings (SSSR count). The topological polar surface area (TPSA) is 69.2 Å². The molecule has 0 amide bonds. The summed E-state index contributed by atoms with van der Waals surface area (Å²) >= 11 is 0. The first-order chi connectivity index (χ1) is 7.90. The van der Waals surface area contributed by atoms with E-state index in [1.807, 2.05) is 0 Å². The second kappa shape index (κ2) is 5.72. The van der Waals surface area contributed by atoms with E-state index in [0.717, 1.165) is 6.42 Å². The van der Waals surface area contributed by atoms with Crippen LogP contribution in [-0.4, -0.2) is 11.0 Å². The highest BCUT2D eigenvalue weighted by molar-refractivity contribution is 5.35. The van der Waals surface area contributed by atoms with E-state index in [-0.39, 0.29) is 6.04 Å². The van der Waals surface area contributed by atoms with Gasteiger partial charge in [0.2, 0.25) is 5.82 Å². The van der Waals surface area contributed by atoms with Crippen molar-refractivity contribution in [2.24, 2.45) is 11.7 Å². The molecule has 0 aliphatic rings. The zero-order chi connectivity index (χ0) is 13.0. The van der Waals surface area contributed by atoms with Crippen molar-refractivity contribution in [1.82, 2.24) is 0 Å². The summed E-state index contributed by atoms with van der Waals surface area (Å²) in [5, 5.41) is 10.4. The molecule has 5 heteroatoms. The smallest absolute Gasteiger partial charge is 0.304 e. The maximum absolute atomic E-state index is 13.3. The first-order valence-corrected chi connectivity index (χ1v) is 5.58. The number of nitro groups is 1. The molecule has 0 bridgehead atoms. The SMILES string of the molecule is CC(C)CC(N)Cc1ccc([N+](=O)[O-])c(F)c1. The van der Waals surface area contributed by atoms with Gasteiger partial charge in [-0.2, -0.15) is 4.39 Å². The molecule has 0 fully saturated rings. The third-order valence-corrected chi connectivity index (χ3v) is 2.48. The summed E-state index contributed by atoms with van der Waals surface area (Å²) in [7, 11) is 0. The van der Waals surface area contributed by atoms with Crippen LogP contribution in [0.25, 0.3) is 0 Å². The van der Waals surface area contributed by atoms with Crippen LogP contribution >= 0.6 is 0 Å². The molecule has 17 heavy (non-hydrogen) atoms. The summed E-state index contributed by atoms with van der Waals surface area (Å²) < 4.78 is 13.3. The van der Waals surface area contributed by atoms with Crippen molar-refractivity contribution < 1.29 is 9.31 Å². The van der Waals surface area contributed by atoms with Crippen LogP contribution in [0.4, 0.5) is 10.1 Å². The van der Waals surface area contributed by atoms with Gasteiger partial charge in [-0.1, -0.05) is 19.9 Å². The second-order valence-electron chi connectivity index (χ2n) is 4.64. The number of benzene rings is 1. The van der Waals surface area contributed by atoms with Crippen molar-refractivity contribution in [2.75, 3.05) is 0 Å². The number of hydrogen-bond donors (Lipinski definition) is 1. The van der Waals surface area contributed by atoms with Gasteiger partial charge in [0.15, 0.2) is 0 Å². The summed E-state index contributed by atoms with van der Waals surface area (Å²) in [5.41, 5.74) is 6.10. The van der Waals surface area contributed by atoms with Crippen LogP contribution < -0.4 is 5.73 Å². The average Bonchev–Trinajstić information content (AvgIpc) is 2.15. The third-order valence-electron chi connectivity index (χ3n) is 2.48. The average molecular weight is 240 g/mol. The lowest BCUT2D eigenvalue weighted by atomic mass is 9.98. The predicted octanol–water partition coefficient (Wildman–Crippen LogP) is 2.65. The van der Waals surface area contributed by atoms with E-state index < -0.39 is 16.4 Å². The van der Waals surface area contributed by atoms with Gasteiger partial charge >= 0.3 is 5.69 Å². The standard InChI is InChI=1S/C12H17FN2O2/c1-8(2)5-10(14)6-9-3-4-12(15(16)17)11(13)7-9/h3-4,7-8,10H,5-6,14H2,1-2H3. The van der Waals surface area contributed by atoms with Crippen molar-refractivity contribution in [2.45, 2.75) is 32.7 Å². The molecular formula is C12H17FN2O2. The van der Waals surface area contributed by atoms with Crippen molar-refractivity contribution in [3.05, 3.63) is 39.7 Å². The highest BCUT2D eigenvalue weighted by Gasteiger charge is 2.15. The summed E-state index contributed by atoms with van der Waals surface area (Å²) in [6.45, 7) is 4.13. The zero-order valence-corrected chi connectivity index (χ0v) is 10.0. The Balaban J connectivity index is 2.74. The Morgan fingerprint density at radius 3 is 2.59 bits per heavy atom. The van der Waals surface area contributed by atoms with Gasteiger partial charge in [-0.3, -0.25) is 10.1 Å². The summed E-state index contributed by atoms with van der Waals surface area (Å²) in [5.74, 6) is -0.322. The lowest BCUT2D eigenvalue weighted by Crippen LogP contribution is -2.24. The van der Waals surface area contributed by atoms with Crippen LogP contribution in [0.1, 0.15) is 25.8 Å². The molecule has 0 spiro atoms. The summed E-state index contributed by atoms with van der Waals surface area (Å²) in [4.78, 5) is 9.71. The molecule has 1 unspecified atom stereocenters. The van der Waals surface area contributed by atoms with E-state index in [1.165, 1.54) is 12.1 Å². The zero-order valence-electron chi connectivity index (χ0n) is 10.0. The Morgan fingerprint density at radius 2 is 2.12 bits per heavy atom. The quantitative estimate of drug-likeness (QED) is 0.635. The minimum absolute atomic E-state index is 0.0455.